The maximum absolute atomic E-state index is 12.4. The summed E-state index contributed by atoms with van der Waals surface area (Å²) in [6.07, 6.45) is 7.40. The molecule has 0 aliphatic heterocycles. The minimum absolute atomic E-state index is 0.0264. The average molecular weight is 345 g/mol. The van der Waals surface area contributed by atoms with Crippen LogP contribution in [0.4, 0.5) is 5.69 Å². The smallest absolute Gasteiger partial charge is 0.290 e. The van der Waals surface area contributed by atoms with Crippen molar-refractivity contribution in [2.24, 2.45) is 0 Å². The van der Waals surface area contributed by atoms with Crippen molar-refractivity contribution in [1.82, 2.24) is 0 Å². The zero-order chi connectivity index (χ0) is 18.2. The summed E-state index contributed by atoms with van der Waals surface area (Å²) in [6.45, 7) is 2.48. The van der Waals surface area contributed by atoms with Crippen molar-refractivity contribution in [1.29, 1.82) is 0 Å². The third-order valence-corrected chi connectivity index (χ3v) is 4.35. The van der Waals surface area contributed by atoms with Crippen LogP contribution < -0.4 is 9.88 Å². The first-order valence-electron chi connectivity index (χ1n) is 9.18. The highest BCUT2D eigenvalue weighted by atomic mass is 16.1. The summed E-state index contributed by atoms with van der Waals surface area (Å²) in [5.41, 5.74) is 4.40. The highest BCUT2D eigenvalue weighted by Gasteiger charge is 2.11. The molecule has 3 rings (SSSR count). The van der Waals surface area contributed by atoms with Gasteiger partial charge in [0.05, 0.1) is 0 Å². The molecule has 1 aromatic heterocycles. The molecule has 0 aliphatic rings. The molecule has 0 fully saturated rings. The monoisotopic (exact) mass is 345 g/mol. The van der Waals surface area contributed by atoms with E-state index in [2.05, 4.69) is 42.6 Å². The summed E-state index contributed by atoms with van der Waals surface area (Å²) in [7, 11) is 0. The second kappa shape index (κ2) is 8.95. The number of nitrogens with zero attached hydrogens (tertiary/aromatic N) is 1. The number of amides is 1. The van der Waals surface area contributed by atoms with E-state index in [1.165, 1.54) is 18.4 Å². The van der Waals surface area contributed by atoms with Gasteiger partial charge in [0.25, 0.3) is 5.91 Å². The molecule has 3 heteroatoms. The number of benzene rings is 2. The predicted molar refractivity (Wildman–Crippen MR) is 106 cm³/mol. The van der Waals surface area contributed by atoms with E-state index in [0.717, 1.165) is 23.2 Å². The molecule has 1 heterocycles. The van der Waals surface area contributed by atoms with Crippen LogP contribution >= 0.6 is 0 Å². The van der Waals surface area contributed by atoms with Gasteiger partial charge in [-0.3, -0.25) is 4.79 Å². The maximum Gasteiger partial charge on any atom is 0.290 e. The Kier molecular flexibility index (Phi) is 6.15. The van der Waals surface area contributed by atoms with E-state index in [0.29, 0.717) is 0 Å². The molecule has 1 amide bonds. The van der Waals surface area contributed by atoms with E-state index in [-0.39, 0.29) is 12.5 Å². The van der Waals surface area contributed by atoms with Gasteiger partial charge in [0, 0.05) is 17.3 Å². The van der Waals surface area contributed by atoms with Crippen molar-refractivity contribution >= 4 is 11.6 Å². The molecular weight excluding hydrogens is 320 g/mol. The lowest BCUT2D eigenvalue weighted by Crippen LogP contribution is -2.39. The van der Waals surface area contributed by atoms with Gasteiger partial charge in [0.1, 0.15) is 0 Å². The van der Waals surface area contributed by atoms with Crippen LogP contribution in [0, 0.1) is 0 Å². The quantitative estimate of drug-likeness (QED) is 0.623. The van der Waals surface area contributed by atoms with Gasteiger partial charge < -0.3 is 5.32 Å². The van der Waals surface area contributed by atoms with Crippen LogP contribution in [0.2, 0.25) is 0 Å². The Morgan fingerprint density at radius 2 is 1.65 bits per heavy atom. The van der Waals surface area contributed by atoms with Gasteiger partial charge >= 0.3 is 0 Å². The third-order valence-electron chi connectivity index (χ3n) is 4.35. The Bertz CT molecular complexity index is 842. The molecule has 0 atom stereocenters. The summed E-state index contributed by atoms with van der Waals surface area (Å²) in [6, 6.07) is 22.3. The van der Waals surface area contributed by atoms with Gasteiger partial charge in [-0.25, -0.2) is 0 Å². The van der Waals surface area contributed by atoms with Crippen LogP contribution in [0.15, 0.2) is 79.1 Å². The topological polar surface area (TPSA) is 33.0 Å². The first-order valence-corrected chi connectivity index (χ1v) is 9.18. The Balaban J connectivity index is 1.61. The van der Waals surface area contributed by atoms with Crippen molar-refractivity contribution in [3.63, 3.8) is 0 Å². The first-order chi connectivity index (χ1) is 12.7. The van der Waals surface area contributed by atoms with Crippen LogP contribution in [0.5, 0.6) is 0 Å². The van der Waals surface area contributed by atoms with E-state index in [4.69, 9.17) is 0 Å². The number of aromatic nitrogens is 1. The number of rotatable bonds is 7. The number of carbonyl (C=O) groups excluding carboxylic acids is 1. The van der Waals surface area contributed by atoms with Crippen molar-refractivity contribution in [3.8, 4) is 11.1 Å². The van der Waals surface area contributed by atoms with Gasteiger partial charge in [-0.15, -0.1) is 0 Å². The van der Waals surface area contributed by atoms with Crippen molar-refractivity contribution < 1.29 is 9.36 Å². The Labute approximate surface area is 155 Å². The van der Waals surface area contributed by atoms with Gasteiger partial charge in [0.15, 0.2) is 12.4 Å². The highest BCUT2D eigenvalue weighted by molar-refractivity contribution is 5.89. The lowest BCUT2D eigenvalue weighted by Gasteiger charge is -2.06. The summed E-state index contributed by atoms with van der Waals surface area (Å²) >= 11 is 0. The lowest BCUT2D eigenvalue weighted by atomic mass is 10.1. The molecular formula is C23H25N2O+. The standard InChI is InChI=1S/C23H24N2O/c1-2-3-8-19-12-14-22(15-13-19)24-23(26)18-25-16-7-11-21(17-25)20-9-5-4-6-10-20/h4-7,9-17H,2-3,8,18H2,1H3/p+1. The molecule has 0 bridgehead atoms. The number of hydrogen-bond acceptors (Lipinski definition) is 1. The van der Waals surface area contributed by atoms with Gasteiger partial charge in [-0.1, -0.05) is 55.8 Å². The van der Waals surface area contributed by atoms with Crippen LogP contribution in [0.25, 0.3) is 11.1 Å². The maximum atomic E-state index is 12.4. The first kappa shape index (κ1) is 17.9. The fraction of sp³-hybridized carbons (Fsp3) is 0.217. The summed E-state index contributed by atoms with van der Waals surface area (Å²) < 4.78 is 1.91. The molecule has 0 radical (unpaired) electrons. The van der Waals surface area contributed by atoms with Crippen molar-refractivity contribution in [3.05, 3.63) is 84.7 Å². The average Bonchev–Trinajstić information content (AvgIpc) is 2.68. The zero-order valence-electron chi connectivity index (χ0n) is 15.2. The summed E-state index contributed by atoms with van der Waals surface area (Å²) in [5.74, 6) is -0.0264. The van der Waals surface area contributed by atoms with E-state index in [9.17, 15) is 4.79 Å². The third kappa shape index (κ3) is 5.03. The van der Waals surface area contributed by atoms with Crippen molar-refractivity contribution in [2.75, 3.05) is 5.32 Å². The Morgan fingerprint density at radius 3 is 2.38 bits per heavy atom. The minimum Gasteiger partial charge on any atom is -0.321 e. The van der Waals surface area contributed by atoms with E-state index in [1.54, 1.807) is 0 Å². The number of unbranched alkanes of at least 4 members (excludes halogenated alkanes) is 1. The second-order valence-corrected chi connectivity index (χ2v) is 6.48. The fourth-order valence-electron chi connectivity index (χ4n) is 2.92. The zero-order valence-corrected chi connectivity index (χ0v) is 15.2. The van der Waals surface area contributed by atoms with Gasteiger partial charge in [-0.05, 0) is 42.2 Å². The van der Waals surface area contributed by atoms with E-state index >= 15 is 0 Å². The number of pyridine rings is 1. The SMILES string of the molecule is CCCCc1ccc(NC(=O)C[n+]2cccc(-c3ccccc3)c2)cc1. The molecule has 3 nitrogen and oxygen atoms in total. The fourth-order valence-corrected chi connectivity index (χ4v) is 2.92. The predicted octanol–water partition coefficient (Wildman–Crippen LogP) is 4.62. The molecule has 3 aromatic rings. The molecule has 0 aliphatic carbocycles. The number of carbonyl (C=O) groups is 1. The highest BCUT2D eigenvalue weighted by Crippen LogP contribution is 2.16. The van der Waals surface area contributed by atoms with Crippen LogP contribution in [-0.2, 0) is 17.8 Å². The molecule has 0 saturated heterocycles. The summed E-state index contributed by atoms with van der Waals surface area (Å²) in [4.78, 5) is 12.4. The molecule has 26 heavy (non-hydrogen) atoms. The second-order valence-electron chi connectivity index (χ2n) is 6.48. The normalized spacial score (nSPS) is 10.5. The molecule has 0 saturated carbocycles. The summed E-state index contributed by atoms with van der Waals surface area (Å²) in [5, 5.41) is 2.97. The number of hydrogen-bond donors (Lipinski definition) is 1. The molecule has 1 N–H and O–H groups in total. The van der Waals surface area contributed by atoms with Gasteiger partial charge in [0.2, 0.25) is 6.54 Å². The number of aryl methyl sites for hydroxylation is 1. The minimum atomic E-state index is -0.0264. The number of nitrogens with one attached hydrogen (secondary N) is 1. The number of anilines is 1. The van der Waals surface area contributed by atoms with E-state index in [1.807, 2.05) is 53.4 Å². The van der Waals surface area contributed by atoms with E-state index < -0.39 is 0 Å². The van der Waals surface area contributed by atoms with Crippen LogP contribution in [0.3, 0.4) is 0 Å². The van der Waals surface area contributed by atoms with Gasteiger partial charge in [-0.2, -0.15) is 4.57 Å². The molecule has 2 aromatic carbocycles. The Morgan fingerprint density at radius 1 is 0.923 bits per heavy atom. The van der Waals surface area contributed by atoms with Crippen molar-refractivity contribution in [2.45, 2.75) is 32.7 Å². The lowest BCUT2D eigenvalue weighted by molar-refractivity contribution is -0.683. The molecule has 132 valence electrons. The van der Waals surface area contributed by atoms with Crippen LogP contribution in [-0.4, -0.2) is 5.91 Å². The molecule has 0 spiro atoms. The molecule has 0 unspecified atom stereocenters. The Hall–Kier alpha value is -2.94. The largest absolute Gasteiger partial charge is 0.321 e. The van der Waals surface area contributed by atoms with Crippen LogP contribution in [0.1, 0.15) is 25.3 Å².